The van der Waals surface area contributed by atoms with Gasteiger partial charge in [-0.25, -0.2) is 9.59 Å². The molecule has 1 aromatic heterocycles. The number of benzene rings is 1. The monoisotopic (exact) mass is 345 g/mol. The molecule has 0 amide bonds. The molecule has 0 saturated heterocycles. The summed E-state index contributed by atoms with van der Waals surface area (Å²) in [7, 11) is 3.91. The number of carbonyl (C=O) groups excluding carboxylic acids is 2. The van der Waals surface area contributed by atoms with Crippen LogP contribution in [-0.4, -0.2) is 43.4 Å². The molecule has 2 rings (SSSR count). The van der Waals surface area contributed by atoms with E-state index in [2.05, 4.69) is 4.98 Å². The number of aryl methyl sites for hydroxylation is 2. The Hall–Kier alpha value is -3.09. The standard InChI is InChI=1S/C18H19NO6/c1-9-14(17(21)24-4)16(15(10(2)19-9)18(22)25-5)11-6-7-12(20)13(8-11)23-3/h6-8,20H,1-5H3. The van der Waals surface area contributed by atoms with E-state index in [-0.39, 0.29) is 22.6 Å². The summed E-state index contributed by atoms with van der Waals surface area (Å²) in [6.07, 6.45) is 0. The SMILES string of the molecule is COC(=O)c1c(C)nc(C)c(C(=O)OC)c1-c1ccc(O)c(OC)c1. The van der Waals surface area contributed by atoms with Crippen LogP contribution >= 0.6 is 0 Å². The second-order valence-electron chi connectivity index (χ2n) is 5.28. The van der Waals surface area contributed by atoms with E-state index in [0.717, 1.165) is 0 Å². The molecule has 0 radical (unpaired) electrons. The number of aromatic hydroxyl groups is 1. The first kappa shape index (κ1) is 18.3. The first-order valence-electron chi connectivity index (χ1n) is 7.40. The summed E-state index contributed by atoms with van der Waals surface area (Å²) in [6, 6.07) is 4.52. The highest BCUT2D eigenvalue weighted by atomic mass is 16.5. The van der Waals surface area contributed by atoms with Crippen molar-refractivity contribution in [3.05, 3.63) is 40.7 Å². The molecular formula is C18H19NO6. The maximum Gasteiger partial charge on any atom is 0.340 e. The quantitative estimate of drug-likeness (QED) is 0.851. The van der Waals surface area contributed by atoms with E-state index in [1.807, 2.05) is 0 Å². The van der Waals surface area contributed by atoms with Crippen molar-refractivity contribution in [2.75, 3.05) is 21.3 Å². The summed E-state index contributed by atoms with van der Waals surface area (Å²) in [4.78, 5) is 28.9. The number of phenolic OH excluding ortho intramolecular Hbond substituents is 1. The van der Waals surface area contributed by atoms with Crippen LogP contribution in [-0.2, 0) is 9.47 Å². The number of aromatic nitrogens is 1. The third kappa shape index (κ3) is 3.26. The molecule has 1 heterocycles. The lowest BCUT2D eigenvalue weighted by atomic mass is 9.92. The molecule has 1 aromatic carbocycles. The van der Waals surface area contributed by atoms with Gasteiger partial charge in [0.2, 0.25) is 0 Å². The fourth-order valence-corrected chi connectivity index (χ4v) is 2.68. The van der Waals surface area contributed by atoms with Crippen molar-refractivity contribution >= 4 is 11.9 Å². The average Bonchev–Trinajstić information content (AvgIpc) is 2.60. The number of carbonyl (C=O) groups is 2. The van der Waals surface area contributed by atoms with Gasteiger partial charge in [-0.2, -0.15) is 0 Å². The Morgan fingerprint density at radius 2 is 1.48 bits per heavy atom. The predicted octanol–water partition coefficient (Wildman–Crippen LogP) is 2.65. The molecule has 2 aromatic rings. The minimum absolute atomic E-state index is 0.0620. The highest BCUT2D eigenvalue weighted by Crippen LogP contribution is 2.37. The molecule has 25 heavy (non-hydrogen) atoms. The molecule has 132 valence electrons. The Morgan fingerprint density at radius 1 is 0.960 bits per heavy atom. The minimum atomic E-state index is -0.628. The maximum atomic E-state index is 12.3. The largest absolute Gasteiger partial charge is 0.504 e. The second kappa shape index (κ2) is 7.21. The number of phenols is 1. The maximum absolute atomic E-state index is 12.3. The van der Waals surface area contributed by atoms with E-state index in [4.69, 9.17) is 14.2 Å². The van der Waals surface area contributed by atoms with Crippen LogP contribution in [0.15, 0.2) is 18.2 Å². The lowest BCUT2D eigenvalue weighted by molar-refractivity contribution is 0.0599. The normalized spacial score (nSPS) is 10.3. The molecule has 1 N–H and O–H groups in total. The third-order valence-corrected chi connectivity index (χ3v) is 3.81. The van der Waals surface area contributed by atoms with Crippen molar-refractivity contribution in [3.63, 3.8) is 0 Å². The molecule has 0 unspecified atom stereocenters. The molecule has 7 heteroatoms. The molecule has 0 saturated carbocycles. The fourth-order valence-electron chi connectivity index (χ4n) is 2.68. The van der Waals surface area contributed by atoms with Gasteiger partial charge in [0.1, 0.15) is 0 Å². The van der Waals surface area contributed by atoms with E-state index >= 15 is 0 Å². The number of hydrogen-bond acceptors (Lipinski definition) is 7. The van der Waals surface area contributed by atoms with Crippen LogP contribution < -0.4 is 4.74 Å². The Balaban J connectivity index is 2.93. The lowest BCUT2D eigenvalue weighted by Crippen LogP contribution is -2.16. The summed E-state index contributed by atoms with van der Waals surface area (Å²) in [5, 5.41) is 9.82. The van der Waals surface area contributed by atoms with Crippen molar-refractivity contribution in [1.29, 1.82) is 0 Å². The van der Waals surface area contributed by atoms with Crippen LogP contribution in [0, 0.1) is 13.8 Å². The zero-order valence-electron chi connectivity index (χ0n) is 14.7. The molecular weight excluding hydrogens is 326 g/mol. The zero-order chi connectivity index (χ0) is 18.7. The number of pyridine rings is 1. The number of rotatable bonds is 4. The van der Waals surface area contributed by atoms with E-state index < -0.39 is 11.9 Å². The van der Waals surface area contributed by atoms with Gasteiger partial charge in [0.15, 0.2) is 11.5 Å². The topological polar surface area (TPSA) is 95.0 Å². The van der Waals surface area contributed by atoms with Crippen molar-refractivity contribution in [2.24, 2.45) is 0 Å². The van der Waals surface area contributed by atoms with Crippen LogP contribution in [0.5, 0.6) is 11.5 Å². The van der Waals surface area contributed by atoms with E-state index in [9.17, 15) is 14.7 Å². The van der Waals surface area contributed by atoms with Crippen molar-refractivity contribution in [1.82, 2.24) is 4.98 Å². The lowest BCUT2D eigenvalue weighted by Gasteiger charge is -2.17. The minimum Gasteiger partial charge on any atom is -0.504 e. The number of nitrogens with zero attached hydrogens (tertiary/aromatic N) is 1. The molecule has 0 bridgehead atoms. The van der Waals surface area contributed by atoms with Crippen molar-refractivity contribution in [3.8, 4) is 22.6 Å². The van der Waals surface area contributed by atoms with Gasteiger partial charge < -0.3 is 19.3 Å². The van der Waals surface area contributed by atoms with E-state index in [1.165, 1.54) is 33.5 Å². The molecule has 0 aliphatic carbocycles. The van der Waals surface area contributed by atoms with Gasteiger partial charge in [0.05, 0.1) is 43.8 Å². The van der Waals surface area contributed by atoms with Crippen LogP contribution in [0.2, 0.25) is 0 Å². The molecule has 0 aliphatic heterocycles. The highest BCUT2D eigenvalue weighted by Gasteiger charge is 2.27. The fraction of sp³-hybridized carbons (Fsp3) is 0.278. The van der Waals surface area contributed by atoms with Crippen molar-refractivity contribution < 1.29 is 28.9 Å². The number of esters is 2. The predicted molar refractivity (Wildman–Crippen MR) is 90.0 cm³/mol. The first-order valence-corrected chi connectivity index (χ1v) is 7.40. The summed E-state index contributed by atoms with van der Waals surface area (Å²) >= 11 is 0. The van der Waals surface area contributed by atoms with Gasteiger partial charge in [-0.3, -0.25) is 4.98 Å². The molecule has 7 nitrogen and oxygen atoms in total. The Kier molecular flexibility index (Phi) is 5.26. The number of hydrogen-bond donors (Lipinski definition) is 1. The van der Waals surface area contributed by atoms with E-state index in [0.29, 0.717) is 22.5 Å². The van der Waals surface area contributed by atoms with Crippen LogP contribution in [0.3, 0.4) is 0 Å². The van der Waals surface area contributed by atoms with Crippen molar-refractivity contribution in [2.45, 2.75) is 13.8 Å². The van der Waals surface area contributed by atoms with Gasteiger partial charge >= 0.3 is 11.9 Å². The average molecular weight is 345 g/mol. The van der Waals surface area contributed by atoms with Gasteiger partial charge in [0, 0.05) is 5.56 Å². The highest BCUT2D eigenvalue weighted by molar-refractivity contribution is 6.07. The van der Waals surface area contributed by atoms with Gasteiger partial charge in [-0.1, -0.05) is 6.07 Å². The molecule has 0 spiro atoms. The smallest absolute Gasteiger partial charge is 0.340 e. The third-order valence-electron chi connectivity index (χ3n) is 3.81. The second-order valence-corrected chi connectivity index (χ2v) is 5.28. The van der Waals surface area contributed by atoms with Crippen LogP contribution in [0.1, 0.15) is 32.1 Å². The van der Waals surface area contributed by atoms with Gasteiger partial charge in [-0.05, 0) is 31.5 Å². The summed E-state index contributed by atoms with van der Waals surface area (Å²) in [5.74, 6) is -1.11. The van der Waals surface area contributed by atoms with Gasteiger partial charge in [0.25, 0.3) is 0 Å². The Labute approximate surface area is 145 Å². The molecule has 0 fully saturated rings. The van der Waals surface area contributed by atoms with Gasteiger partial charge in [-0.15, -0.1) is 0 Å². The Bertz CT molecular complexity index is 804. The molecule has 0 atom stereocenters. The number of methoxy groups -OCH3 is 3. The number of ether oxygens (including phenoxy) is 3. The van der Waals surface area contributed by atoms with E-state index in [1.54, 1.807) is 19.9 Å². The summed E-state index contributed by atoms with van der Waals surface area (Å²) < 4.78 is 14.8. The van der Waals surface area contributed by atoms with Crippen LogP contribution in [0.25, 0.3) is 11.1 Å². The first-order chi connectivity index (χ1) is 11.8. The summed E-state index contributed by atoms with van der Waals surface area (Å²) in [6.45, 7) is 3.31. The zero-order valence-corrected chi connectivity index (χ0v) is 14.7. The summed E-state index contributed by atoms with van der Waals surface area (Å²) in [5.41, 5.74) is 1.95. The van der Waals surface area contributed by atoms with Crippen LogP contribution in [0.4, 0.5) is 0 Å². The molecule has 0 aliphatic rings. The Morgan fingerprint density at radius 3 is 1.92 bits per heavy atom.